The van der Waals surface area contributed by atoms with E-state index in [-0.39, 0.29) is 23.8 Å². The fraction of sp³-hybridized carbons (Fsp3) is 0.462. The molecule has 1 saturated carbocycles. The SMILES string of the molecule is C[C@H](NC(=O)c1cc(NC(=O)C2CCCC2)ccc1N1CCCCC1)c1ccccc1. The molecule has 0 aromatic heterocycles. The van der Waals surface area contributed by atoms with Crippen molar-refractivity contribution < 1.29 is 9.59 Å². The predicted octanol–water partition coefficient (Wildman–Crippen LogP) is 5.30. The van der Waals surface area contributed by atoms with E-state index in [0.29, 0.717) is 11.3 Å². The van der Waals surface area contributed by atoms with Gasteiger partial charge in [0.2, 0.25) is 5.91 Å². The van der Waals surface area contributed by atoms with Gasteiger partial charge in [0, 0.05) is 30.4 Å². The van der Waals surface area contributed by atoms with E-state index >= 15 is 0 Å². The van der Waals surface area contributed by atoms with Gasteiger partial charge in [-0.2, -0.15) is 0 Å². The average molecular weight is 420 g/mol. The van der Waals surface area contributed by atoms with Crippen LogP contribution in [0.1, 0.15) is 73.8 Å². The number of carbonyl (C=O) groups excluding carboxylic acids is 2. The van der Waals surface area contributed by atoms with Crippen molar-refractivity contribution in [1.82, 2.24) is 5.32 Å². The molecule has 0 spiro atoms. The largest absolute Gasteiger partial charge is 0.371 e. The molecule has 4 rings (SSSR count). The minimum atomic E-state index is -0.103. The van der Waals surface area contributed by atoms with E-state index in [4.69, 9.17) is 0 Å². The molecule has 1 aliphatic heterocycles. The van der Waals surface area contributed by atoms with Gasteiger partial charge in [0.05, 0.1) is 11.6 Å². The Balaban J connectivity index is 1.56. The molecule has 1 aliphatic carbocycles. The van der Waals surface area contributed by atoms with Crippen LogP contribution in [0.25, 0.3) is 0 Å². The van der Waals surface area contributed by atoms with Crippen molar-refractivity contribution in [1.29, 1.82) is 0 Å². The lowest BCUT2D eigenvalue weighted by atomic mass is 10.0. The first-order valence-electron chi connectivity index (χ1n) is 11.7. The first-order chi connectivity index (χ1) is 15.1. The van der Waals surface area contributed by atoms with E-state index in [1.807, 2.05) is 55.5 Å². The molecule has 2 fully saturated rings. The zero-order valence-electron chi connectivity index (χ0n) is 18.4. The number of anilines is 2. The van der Waals surface area contributed by atoms with Gasteiger partial charge in [-0.25, -0.2) is 0 Å². The number of amides is 2. The van der Waals surface area contributed by atoms with Crippen LogP contribution >= 0.6 is 0 Å². The van der Waals surface area contributed by atoms with Crippen LogP contribution in [-0.2, 0) is 4.79 Å². The van der Waals surface area contributed by atoms with Crippen molar-refractivity contribution in [3.05, 3.63) is 59.7 Å². The van der Waals surface area contributed by atoms with E-state index in [0.717, 1.165) is 62.9 Å². The number of benzene rings is 2. The third-order valence-corrected chi connectivity index (χ3v) is 6.58. The summed E-state index contributed by atoms with van der Waals surface area (Å²) < 4.78 is 0. The average Bonchev–Trinajstić information content (AvgIpc) is 3.35. The monoisotopic (exact) mass is 419 g/mol. The van der Waals surface area contributed by atoms with Crippen molar-refractivity contribution in [2.45, 2.75) is 57.9 Å². The highest BCUT2D eigenvalue weighted by molar-refractivity contribution is 6.02. The van der Waals surface area contributed by atoms with Gasteiger partial charge in [0.1, 0.15) is 0 Å². The Hall–Kier alpha value is -2.82. The highest BCUT2D eigenvalue weighted by Gasteiger charge is 2.24. The van der Waals surface area contributed by atoms with Gasteiger partial charge < -0.3 is 15.5 Å². The minimum absolute atomic E-state index is 0.0761. The number of hydrogen-bond donors (Lipinski definition) is 2. The molecular formula is C26H33N3O2. The maximum absolute atomic E-state index is 13.3. The summed E-state index contributed by atoms with van der Waals surface area (Å²) in [5.41, 5.74) is 3.36. The van der Waals surface area contributed by atoms with Gasteiger partial charge in [0.25, 0.3) is 5.91 Å². The summed E-state index contributed by atoms with van der Waals surface area (Å²) in [6.07, 6.45) is 7.68. The number of nitrogens with zero attached hydrogens (tertiary/aromatic N) is 1. The number of rotatable bonds is 6. The first-order valence-corrected chi connectivity index (χ1v) is 11.7. The Bertz CT molecular complexity index is 900. The van der Waals surface area contributed by atoms with E-state index in [9.17, 15) is 9.59 Å². The summed E-state index contributed by atoms with van der Waals surface area (Å²) in [7, 11) is 0. The van der Waals surface area contributed by atoms with Crippen molar-refractivity contribution >= 4 is 23.2 Å². The van der Waals surface area contributed by atoms with Gasteiger partial charge in [-0.1, -0.05) is 43.2 Å². The summed E-state index contributed by atoms with van der Waals surface area (Å²) in [6, 6.07) is 15.7. The molecule has 164 valence electrons. The summed E-state index contributed by atoms with van der Waals surface area (Å²) in [6.45, 7) is 3.92. The van der Waals surface area contributed by atoms with E-state index < -0.39 is 0 Å². The lowest BCUT2D eigenvalue weighted by molar-refractivity contribution is -0.119. The van der Waals surface area contributed by atoms with E-state index in [1.54, 1.807) is 0 Å². The number of piperidine rings is 1. The molecule has 5 heteroatoms. The molecule has 1 saturated heterocycles. The quantitative estimate of drug-likeness (QED) is 0.668. The normalized spacial score (nSPS) is 17.9. The topological polar surface area (TPSA) is 61.4 Å². The van der Waals surface area contributed by atoms with Crippen LogP contribution in [0.2, 0.25) is 0 Å². The van der Waals surface area contributed by atoms with Crippen molar-refractivity contribution in [2.24, 2.45) is 5.92 Å². The second-order valence-corrected chi connectivity index (χ2v) is 8.86. The predicted molar refractivity (Wildman–Crippen MR) is 125 cm³/mol. The maximum atomic E-state index is 13.3. The summed E-state index contributed by atoms with van der Waals surface area (Å²) in [4.78, 5) is 28.3. The third-order valence-electron chi connectivity index (χ3n) is 6.58. The molecular weight excluding hydrogens is 386 g/mol. The smallest absolute Gasteiger partial charge is 0.253 e. The van der Waals surface area contributed by atoms with Crippen LogP contribution in [0, 0.1) is 5.92 Å². The van der Waals surface area contributed by atoms with Crippen LogP contribution in [-0.4, -0.2) is 24.9 Å². The first kappa shape index (κ1) is 21.4. The van der Waals surface area contributed by atoms with Gasteiger partial charge in [-0.05, 0) is 62.8 Å². The van der Waals surface area contributed by atoms with Crippen molar-refractivity contribution in [3.63, 3.8) is 0 Å². The molecule has 2 aliphatic rings. The van der Waals surface area contributed by atoms with Crippen molar-refractivity contribution in [2.75, 3.05) is 23.3 Å². The van der Waals surface area contributed by atoms with E-state index in [2.05, 4.69) is 15.5 Å². The van der Waals surface area contributed by atoms with Crippen molar-refractivity contribution in [3.8, 4) is 0 Å². The summed E-state index contributed by atoms with van der Waals surface area (Å²) in [5, 5.41) is 6.21. The Morgan fingerprint density at radius 2 is 1.65 bits per heavy atom. The highest BCUT2D eigenvalue weighted by Crippen LogP contribution is 2.30. The summed E-state index contributed by atoms with van der Waals surface area (Å²) >= 11 is 0. The van der Waals surface area contributed by atoms with Crippen LogP contribution in [0.15, 0.2) is 48.5 Å². The number of hydrogen-bond acceptors (Lipinski definition) is 3. The Labute approximate surface area is 185 Å². The van der Waals surface area contributed by atoms with Gasteiger partial charge in [0.15, 0.2) is 0 Å². The second-order valence-electron chi connectivity index (χ2n) is 8.86. The highest BCUT2D eigenvalue weighted by atomic mass is 16.2. The number of nitrogens with one attached hydrogen (secondary N) is 2. The fourth-order valence-corrected chi connectivity index (χ4v) is 4.74. The zero-order chi connectivity index (χ0) is 21.6. The van der Waals surface area contributed by atoms with Crippen LogP contribution in [0.5, 0.6) is 0 Å². The van der Waals surface area contributed by atoms with Crippen LogP contribution in [0.4, 0.5) is 11.4 Å². The molecule has 2 aromatic rings. The molecule has 2 aromatic carbocycles. The molecule has 1 heterocycles. The number of carbonyl (C=O) groups is 2. The fourth-order valence-electron chi connectivity index (χ4n) is 4.74. The standard InChI is InChI=1S/C26H33N3O2/c1-19(20-10-4-2-5-11-20)27-26(31)23-18-22(28-25(30)21-12-6-7-13-21)14-15-24(23)29-16-8-3-9-17-29/h2,4-5,10-11,14-15,18-19,21H,3,6-9,12-13,16-17H2,1H3,(H,27,31)(H,28,30)/t19-/m0/s1. The Morgan fingerprint density at radius 3 is 2.35 bits per heavy atom. The second kappa shape index (κ2) is 9.99. The van der Waals surface area contributed by atoms with Gasteiger partial charge in [-0.15, -0.1) is 0 Å². The molecule has 0 bridgehead atoms. The summed E-state index contributed by atoms with van der Waals surface area (Å²) in [5.74, 6) is 0.0678. The van der Waals surface area contributed by atoms with Crippen LogP contribution < -0.4 is 15.5 Å². The molecule has 2 amide bonds. The van der Waals surface area contributed by atoms with E-state index in [1.165, 1.54) is 6.42 Å². The Morgan fingerprint density at radius 1 is 0.935 bits per heavy atom. The lowest BCUT2D eigenvalue weighted by Gasteiger charge is -2.31. The molecule has 0 unspecified atom stereocenters. The molecule has 5 nitrogen and oxygen atoms in total. The van der Waals surface area contributed by atoms with Gasteiger partial charge in [-0.3, -0.25) is 9.59 Å². The van der Waals surface area contributed by atoms with Crippen LogP contribution in [0.3, 0.4) is 0 Å². The van der Waals surface area contributed by atoms with Gasteiger partial charge >= 0.3 is 0 Å². The molecule has 1 atom stereocenters. The lowest BCUT2D eigenvalue weighted by Crippen LogP contribution is -2.33. The molecule has 0 radical (unpaired) electrons. The molecule has 2 N–H and O–H groups in total. The Kier molecular flexibility index (Phi) is 6.90. The maximum Gasteiger partial charge on any atom is 0.253 e. The third kappa shape index (κ3) is 5.27. The minimum Gasteiger partial charge on any atom is -0.371 e. The molecule has 31 heavy (non-hydrogen) atoms. The zero-order valence-corrected chi connectivity index (χ0v) is 18.4.